The zero-order valence-corrected chi connectivity index (χ0v) is 10.7. The van der Waals surface area contributed by atoms with Gasteiger partial charge in [-0.15, -0.1) is 0 Å². The van der Waals surface area contributed by atoms with Gasteiger partial charge < -0.3 is 19.7 Å². The van der Waals surface area contributed by atoms with E-state index in [0.29, 0.717) is 13.0 Å². The van der Waals surface area contributed by atoms with Crippen molar-refractivity contribution in [3.05, 3.63) is 0 Å². The Morgan fingerprint density at radius 2 is 2.00 bits per heavy atom. The number of rotatable bonds is 7. The molecule has 5 heteroatoms. The fraction of sp³-hybridized carbons (Fsp3) is 1.00. The molecule has 0 rings (SSSR count). The minimum Gasteiger partial charge on any atom is -0.396 e. The van der Waals surface area contributed by atoms with E-state index >= 15 is 0 Å². The Morgan fingerprint density at radius 3 is 2.36 bits per heavy atom. The van der Waals surface area contributed by atoms with Crippen molar-refractivity contribution in [2.45, 2.75) is 45.5 Å². The van der Waals surface area contributed by atoms with E-state index in [1.54, 1.807) is 0 Å². The van der Waals surface area contributed by atoms with Crippen molar-refractivity contribution < 1.29 is 14.0 Å². The molecule has 14 heavy (non-hydrogen) atoms. The van der Waals surface area contributed by atoms with Crippen LogP contribution < -0.4 is 5.73 Å². The molecule has 86 valence electrons. The molecular weight excluding hydrogens is 198 g/mol. The van der Waals surface area contributed by atoms with Crippen LogP contribution in [0.2, 0.25) is 12.6 Å². The zero-order chi connectivity index (χ0) is 11.2. The maximum atomic E-state index is 8.78. The van der Waals surface area contributed by atoms with Crippen molar-refractivity contribution in [2.75, 3.05) is 13.2 Å². The number of aliphatic hydroxyl groups is 1. The van der Waals surface area contributed by atoms with Crippen LogP contribution in [0.15, 0.2) is 0 Å². The Balaban J connectivity index is 4.23. The van der Waals surface area contributed by atoms with Gasteiger partial charge in [0.2, 0.25) is 0 Å². The Bertz CT molecular complexity index is 161. The highest BCUT2D eigenvalue weighted by Gasteiger charge is 2.35. The average molecular weight is 221 g/mol. The lowest BCUT2D eigenvalue weighted by Gasteiger charge is -2.33. The molecule has 4 nitrogen and oxygen atoms in total. The number of aliphatic hydroxyl groups excluding tert-OH is 1. The molecule has 0 spiro atoms. The summed E-state index contributed by atoms with van der Waals surface area (Å²) in [5.41, 5.74) is 5.13. The van der Waals surface area contributed by atoms with E-state index in [4.69, 9.17) is 19.7 Å². The Kier molecular flexibility index (Phi) is 5.85. The predicted octanol–water partition coefficient (Wildman–Crippen LogP) is 1.19. The fourth-order valence-corrected chi connectivity index (χ4v) is 4.24. The van der Waals surface area contributed by atoms with Crippen molar-refractivity contribution in [1.29, 1.82) is 0 Å². The highest BCUT2D eigenvalue weighted by Crippen LogP contribution is 2.20. The van der Waals surface area contributed by atoms with Gasteiger partial charge in [0.1, 0.15) is 5.72 Å². The van der Waals surface area contributed by atoms with Crippen molar-refractivity contribution in [1.82, 2.24) is 0 Å². The lowest BCUT2D eigenvalue weighted by atomic mass is 10.4. The normalized spacial score (nSPS) is 16.7. The van der Waals surface area contributed by atoms with Gasteiger partial charge in [0, 0.05) is 13.2 Å². The van der Waals surface area contributed by atoms with Gasteiger partial charge in [0.15, 0.2) is 0 Å². The third-order valence-corrected chi connectivity index (χ3v) is 4.84. The van der Waals surface area contributed by atoms with Gasteiger partial charge in [-0.2, -0.15) is 0 Å². The number of hydrogen-bond donors (Lipinski definition) is 2. The van der Waals surface area contributed by atoms with Crippen molar-refractivity contribution in [3.8, 4) is 0 Å². The number of nitrogens with two attached hydrogens (primary N) is 1. The summed E-state index contributed by atoms with van der Waals surface area (Å²) in [6.45, 7) is 8.36. The monoisotopic (exact) mass is 221 g/mol. The van der Waals surface area contributed by atoms with Gasteiger partial charge in [-0.05, 0) is 39.8 Å². The topological polar surface area (TPSA) is 64.7 Å². The quantitative estimate of drug-likeness (QED) is 0.500. The predicted molar refractivity (Wildman–Crippen MR) is 59.1 cm³/mol. The van der Waals surface area contributed by atoms with E-state index in [0.717, 1.165) is 6.04 Å². The zero-order valence-electron chi connectivity index (χ0n) is 9.67. The molecule has 0 aromatic carbocycles. The molecule has 0 fully saturated rings. The summed E-state index contributed by atoms with van der Waals surface area (Å²) in [4.78, 5) is 0. The Hall–Kier alpha value is 0.0569. The summed E-state index contributed by atoms with van der Waals surface area (Å²) in [5.74, 6) is 0. The van der Waals surface area contributed by atoms with Crippen molar-refractivity contribution in [2.24, 2.45) is 5.73 Å². The van der Waals surface area contributed by atoms with E-state index in [1.165, 1.54) is 0 Å². The Morgan fingerprint density at radius 1 is 1.43 bits per heavy atom. The van der Waals surface area contributed by atoms with E-state index in [1.807, 2.05) is 27.3 Å². The van der Waals surface area contributed by atoms with Crippen molar-refractivity contribution in [3.63, 3.8) is 0 Å². The van der Waals surface area contributed by atoms with Crippen LogP contribution in [0.4, 0.5) is 0 Å². The third kappa shape index (κ3) is 6.50. The second-order valence-corrected chi connectivity index (χ2v) is 7.36. The largest absolute Gasteiger partial charge is 0.396 e. The minimum atomic E-state index is -2.19. The van der Waals surface area contributed by atoms with Crippen molar-refractivity contribution >= 4 is 8.56 Å². The molecule has 0 bridgehead atoms. The van der Waals surface area contributed by atoms with Gasteiger partial charge in [-0.25, -0.2) is 0 Å². The summed E-state index contributed by atoms with van der Waals surface area (Å²) < 4.78 is 11.4. The van der Waals surface area contributed by atoms with Gasteiger partial charge >= 0.3 is 8.56 Å². The Labute approximate surface area is 87.6 Å². The molecule has 0 amide bonds. The van der Waals surface area contributed by atoms with Crippen LogP contribution in [0.3, 0.4) is 0 Å². The summed E-state index contributed by atoms with van der Waals surface area (Å²) in [7, 11) is -2.19. The molecule has 3 N–H and O–H groups in total. The first-order valence-corrected chi connectivity index (χ1v) is 7.59. The summed E-state index contributed by atoms with van der Waals surface area (Å²) in [6, 6.07) is 0.776. The maximum absolute atomic E-state index is 8.78. The van der Waals surface area contributed by atoms with Crippen LogP contribution in [0.5, 0.6) is 0 Å². The highest BCUT2D eigenvalue weighted by atomic mass is 28.4. The molecule has 0 saturated carbocycles. The molecule has 0 saturated heterocycles. The molecule has 1 atom stereocenters. The average Bonchev–Trinajstić information content (AvgIpc) is 1.98. The fourth-order valence-electron chi connectivity index (χ4n) is 1.41. The molecule has 0 radical (unpaired) electrons. The van der Waals surface area contributed by atoms with Crippen LogP contribution in [0.1, 0.15) is 27.2 Å². The summed E-state index contributed by atoms with van der Waals surface area (Å²) >= 11 is 0. The van der Waals surface area contributed by atoms with Crippen LogP contribution in [-0.4, -0.2) is 32.6 Å². The van der Waals surface area contributed by atoms with Gasteiger partial charge in [0.05, 0.1) is 0 Å². The molecule has 0 aromatic heterocycles. The SMILES string of the molecule is CCO[Si](C)(CCCO)OC(C)(C)N. The highest BCUT2D eigenvalue weighted by molar-refractivity contribution is 6.66. The first-order valence-electron chi connectivity index (χ1n) is 5.07. The first kappa shape index (κ1) is 14.1. The molecule has 0 aliphatic carbocycles. The second kappa shape index (κ2) is 5.82. The molecule has 0 heterocycles. The maximum Gasteiger partial charge on any atom is 0.336 e. The molecular formula is C9H23NO3Si. The van der Waals surface area contributed by atoms with Crippen LogP contribution in [0.25, 0.3) is 0 Å². The summed E-state index contributed by atoms with van der Waals surface area (Å²) in [6.07, 6.45) is 0.707. The van der Waals surface area contributed by atoms with Crippen LogP contribution in [-0.2, 0) is 8.85 Å². The van der Waals surface area contributed by atoms with E-state index < -0.39 is 14.3 Å². The van der Waals surface area contributed by atoms with Gasteiger partial charge in [-0.1, -0.05) is 0 Å². The van der Waals surface area contributed by atoms with Gasteiger partial charge in [0.25, 0.3) is 0 Å². The van der Waals surface area contributed by atoms with E-state index in [9.17, 15) is 0 Å². The molecule has 1 unspecified atom stereocenters. The molecule has 0 aromatic rings. The summed E-state index contributed by atoms with van der Waals surface area (Å²) in [5, 5.41) is 8.78. The van der Waals surface area contributed by atoms with Crippen LogP contribution in [0, 0.1) is 0 Å². The van der Waals surface area contributed by atoms with Crippen LogP contribution >= 0.6 is 0 Å². The lowest BCUT2D eigenvalue weighted by Crippen LogP contribution is -2.50. The lowest BCUT2D eigenvalue weighted by molar-refractivity contribution is 0.0572. The smallest absolute Gasteiger partial charge is 0.336 e. The number of hydrogen-bond acceptors (Lipinski definition) is 4. The third-order valence-electron chi connectivity index (χ3n) is 1.72. The standard InChI is InChI=1S/C9H23NO3Si/c1-5-12-14(4,8-6-7-11)13-9(2,3)10/h11H,5-8,10H2,1-4H3. The van der Waals surface area contributed by atoms with E-state index in [2.05, 4.69) is 0 Å². The first-order chi connectivity index (χ1) is 6.33. The molecule has 0 aliphatic heterocycles. The molecule has 0 aliphatic rings. The second-order valence-electron chi connectivity index (χ2n) is 4.10. The van der Waals surface area contributed by atoms with Gasteiger partial charge in [-0.3, -0.25) is 0 Å². The minimum absolute atomic E-state index is 0.171. The van der Waals surface area contributed by atoms with E-state index in [-0.39, 0.29) is 6.61 Å².